The van der Waals surface area contributed by atoms with E-state index in [4.69, 9.17) is 23.7 Å². The molecule has 10 heteroatoms. The predicted octanol–water partition coefficient (Wildman–Crippen LogP) is 15.4. The Hall–Kier alpha value is -6.42. The van der Waals surface area contributed by atoms with Crippen LogP contribution in [0.5, 0.6) is 34.5 Å². The summed E-state index contributed by atoms with van der Waals surface area (Å²) in [7, 11) is 0. The highest BCUT2D eigenvalue weighted by Crippen LogP contribution is 2.27. The molecule has 0 aliphatic carbocycles. The standard InChI is InChI=1S/C58H71NO9/c1-3-5-7-9-11-13-15-17-19-21-40-64-50-33-26-45(27-34-50)56(61)66-52-37-30-47(31-38-52)57(62)67-53-25-23-24-49(42-53)59-44-48-32-39-54(43-55(48)60)68-58(63)46-28-35-51(36-29-46)65-41-22-20-18-16-14-12-10-8-6-4-2/h23-39,42-44,60H,3-22,40-41H2,1-2H3. The van der Waals surface area contributed by atoms with Crippen LogP contribution in [0.3, 0.4) is 0 Å². The van der Waals surface area contributed by atoms with Crippen molar-refractivity contribution < 1.29 is 43.2 Å². The molecule has 10 nitrogen and oxygen atoms in total. The SMILES string of the molecule is CCCCCCCCCCCCOc1ccc(C(=O)Oc2ccc(C(=O)Oc3cccc(N=Cc4ccc(OC(=O)c5ccc(OCCCCCCCCCCCC)cc5)cc4O)c3)cc2)cc1. The molecular formula is C58H71NO9. The molecule has 362 valence electrons. The molecule has 5 rings (SSSR count). The van der Waals surface area contributed by atoms with Gasteiger partial charge in [-0.1, -0.05) is 135 Å². The van der Waals surface area contributed by atoms with Gasteiger partial charge in [0.2, 0.25) is 0 Å². The van der Waals surface area contributed by atoms with Crippen LogP contribution in [0.25, 0.3) is 0 Å². The van der Waals surface area contributed by atoms with Crippen LogP contribution in [0.1, 0.15) is 179 Å². The van der Waals surface area contributed by atoms with E-state index < -0.39 is 17.9 Å². The van der Waals surface area contributed by atoms with Crippen molar-refractivity contribution in [2.75, 3.05) is 13.2 Å². The summed E-state index contributed by atoms with van der Waals surface area (Å²) in [5, 5.41) is 10.7. The third-order valence-corrected chi connectivity index (χ3v) is 11.6. The zero-order valence-electron chi connectivity index (χ0n) is 40.3. The van der Waals surface area contributed by atoms with E-state index in [2.05, 4.69) is 18.8 Å². The second-order valence-electron chi connectivity index (χ2n) is 17.3. The highest BCUT2D eigenvalue weighted by atomic mass is 16.5. The topological polar surface area (TPSA) is 130 Å². The number of unbranched alkanes of at least 4 members (excludes halogenated alkanes) is 18. The van der Waals surface area contributed by atoms with Gasteiger partial charge in [0, 0.05) is 23.9 Å². The fourth-order valence-corrected chi connectivity index (χ4v) is 7.56. The molecule has 0 saturated heterocycles. The molecule has 0 spiro atoms. The highest BCUT2D eigenvalue weighted by molar-refractivity contribution is 5.93. The molecule has 0 unspecified atom stereocenters. The van der Waals surface area contributed by atoms with Crippen molar-refractivity contribution in [1.82, 2.24) is 0 Å². The molecule has 0 aromatic heterocycles. The van der Waals surface area contributed by atoms with Crippen LogP contribution in [0.15, 0.2) is 120 Å². The van der Waals surface area contributed by atoms with E-state index in [1.165, 1.54) is 139 Å². The van der Waals surface area contributed by atoms with Crippen LogP contribution in [0.2, 0.25) is 0 Å². The Labute approximate surface area is 404 Å². The molecule has 5 aromatic carbocycles. The number of nitrogens with zero attached hydrogens (tertiary/aromatic N) is 1. The quantitative estimate of drug-likeness (QED) is 0.0194. The fraction of sp³-hybridized carbons (Fsp3) is 0.414. The van der Waals surface area contributed by atoms with E-state index in [0.29, 0.717) is 47.1 Å². The Kier molecular flexibility index (Phi) is 23.8. The maximum Gasteiger partial charge on any atom is 0.343 e. The zero-order chi connectivity index (χ0) is 48.0. The van der Waals surface area contributed by atoms with Crippen molar-refractivity contribution in [2.24, 2.45) is 4.99 Å². The molecule has 0 bridgehead atoms. The van der Waals surface area contributed by atoms with Gasteiger partial charge in [-0.25, -0.2) is 14.4 Å². The van der Waals surface area contributed by atoms with E-state index in [-0.39, 0.29) is 28.6 Å². The summed E-state index contributed by atoms with van der Waals surface area (Å²) in [5.41, 5.74) is 1.86. The lowest BCUT2D eigenvalue weighted by Crippen LogP contribution is -2.10. The normalized spacial score (nSPS) is 11.1. The molecule has 0 radical (unpaired) electrons. The van der Waals surface area contributed by atoms with Gasteiger partial charge in [-0.3, -0.25) is 4.99 Å². The first kappa shape index (κ1) is 52.5. The molecule has 0 fully saturated rings. The van der Waals surface area contributed by atoms with Crippen LogP contribution in [0, 0.1) is 0 Å². The molecule has 1 N–H and O–H groups in total. The van der Waals surface area contributed by atoms with E-state index in [1.54, 1.807) is 84.9 Å². The van der Waals surface area contributed by atoms with Crippen molar-refractivity contribution in [3.8, 4) is 34.5 Å². The summed E-state index contributed by atoms with van der Waals surface area (Å²) >= 11 is 0. The first-order chi connectivity index (χ1) is 33.3. The second kappa shape index (κ2) is 30.8. The molecule has 0 saturated carbocycles. The van der Waals surface area contributed by atoms with E-state index >= 15 is 0 Å². The predicted molar refractivity (Wildman–Crippen MR) is 271 cm³/mol. The van der Waals surface area contributed by atoms with Gasteiger partial charge in [-0.2, -0.15) is 0 Å². The number of carbonyl (C=O) groups excluding carboxylic acids is 3. The van der Waals surface area contributed by atoms with Crippen molar-refractivity contribution in [1.29, 1.82) is 0 Å². The van der Waals surface area contributed by atoms with Gasteiger partial charge in [-0.05, 0) is 110 Å². The molecule has 0 aliphatic heterocycles. The Bertz CT molecular complexity index is 2270. The Morgan fingerprint density at radius 1 is 0.426 bits per heavy atom. The second-order valence-corrected chi connectivity index (χ2v) is 17.3. The Balaban J connectivity index is 0.991. The number of benzene rings is 5. The van der Waals surface area contributed by atoms with Crippen LogP contribution in [-0.4, -0.2) is 42.4 Å². The summed E-state index contributed by atoms with van der Waals surface area (Å²) in [4.78, 5) is 43.1. The minimum Gasteiger partial charge on any atom is -0.507 e. The highest BCUT2D eigenvalue weighted by Gasteiger charge is 2.14. The van der Waals surface area contributed by atoms with E-state index in [9.17, 15) is 19.5 Å². The van der Waals surface area contributed by atoms with Gasteiger partial charge in [0.25, 0.3) is 0 Å². The van der Waals surface area contributed by atoms with E-state index in [1.807, 2.05) is 0 Å². The summed E-state index contributed by atoms with van der Waals surface area (Å²) in [6, 6.07) is 31.0. The Morgan fingerprint density at radius 2 is 0.794 bits per heavy atom. The number of phenolic OH excluding ortho intramolecular Hbond substituents is 1. The number of rotatable bonds is 32. The first-order valence-corrected chi connectivity index (χ1v) is 25.0. The third kappa shape index (κ3) is 19.8. The summed E-state index contributed by atoms with van der Waals surface area (Å²) in [5.74, 6) is 0.303. The number of ether oxygens (including phenoxy) is 5. The number of aromatic hydroxyl groups is 1. The van der Waals surface area contributed by atoms with Crippen LogP contribution in [0.4, 0.5) is 5.69 Å². The molecule has 0 heterocycles. The fourth-order valence-electron chi connectivity index (χ4n) is 7.56. The smallest absolute Gasteiger partial charge is 0.343 e. The van der Waals surface area contributed by atoms with Gasteiger partial charge in [-0.15, -0.1) is 0 Å². The molecule has 0 aliphatic rings. The number of hydrogen-bond donors (Lipinski definition) is 1. The molecule has 0 amide bonds. The molecule has 68 heavy (non-hydrogen) atoms. The molecule has 0 atom stereocenters. The third-order valence-electron chi connectivity index (χ3n) is 11.6. The van der Waals surface area contributed by atoms with Gasteiger partial charge in [0.05, 0.1) is 35.6 Å². The van der Waals surface area contributed by atoms with Gasteiger partial charge < -0.3 is 28.8 Å². The van der Waals surface area contributed by atoms with Crippen LogP contribution in [-0.2, 0) is 0 Å². The monoisotopic (exact) mass is 926 g/mol. The van der Waals surface area contributed by atoms with Gasteiger partial charge in [0.15, 0.2) is 0 Å². The molecule has 5 aromatic rings. The number of carbonyl (C=O) groups is 3. The maximum atomic E-state index is 13.0. The average Bonchev–Trinajstić information content (AvgIpc) is 3.35. The lowest BCUT2D eigenvalue weighted by molar-refractivity contribution is 0.0723. The first-order valence-electron chi connectivity index (χ1n) is 25.0. The van der Waals surface area contributed by atoms with Gasteiger partial charge >= 0.3 is 17.9 Å². The van der Waals surface area contributed by atoms with Crippen molar-refractivity contribution in [3.63, 3.8) is 0 Å². The average molecular weight is 926 g/mol. The lowest BCUT2D eigenvalue weighted by Gasteiger charge is -2.09. The summed E-state index contributed by atoms with van der Waals surface area (Å²) in [6.45, 7) is 5.77. The summed E-state index contributed by atoms with van der Waals surface area (Å²) in [6.07, 6.45) is 26.8. The molecular weight excluding hydrogens is 855 g/mol. The number of esters is 3. The Morgan fingerprint density at radius 3 is 1.22 bits per heavy atom. The lowest BCUT2D eigenvalue weighted by atomic mass is 10.1. The van der Waals surface area contributed by atoms with Crippen molar-refractivity contribution >= 4 is 29.8 Å². The number of hydrogen-bond acceptors (Lipinski definition) is 10. The number of phenols is 1. The van der Waals surface area contributed by atoms with Gasteiger partial charge in [0.1, 0.15) is 34.5 Å². The summed E-state index contributed by atoms with van der Waals surface area (Å²) < 4.78 is 28.4. The number of aliphatic imine (C=N–C) groups is 1. The van der Waals surface area contributed by atoms with Crippen molar-refractivity contribution in [3.05, 3.63) is 138 Å². The largest absolute Gasteiger partial charge is 0.507 e. The maximum absolute atomic E-state index is 13.0. The minimum atomic E-state index is -0.607. The minimum absolute atomic E-state index is 0.135. The van der Waals surface area contributed by atoms with Crippen LogP contribution >= 0.6 is 0 Å². The van der Waals surface area contributed by atoms with Crippen LogP contribution < -0.4 is 23.7 Å². The zero-order valence-corrected chi connectivity index (χ0v) is 40.3. The van der Waals surface area contributed by atoms with Crippen molar-refractivity contribution in [2.45, 2.75) is 142 Å². The van der Waals surface area contributed by atoms with E-state index in [0.717, 1.165) is 25.7 Å².